The monoisotopic (exact) mass is 576 g/mol. The molecule has 7 rings (SSSR count). The van der Waals surface area contributed by atoms with Crippen molar-refractivity contribution in [1.29, 1.82) is 0 Å². The third-order valence-corrected chi connectivity index (χ3v) is 11.1. The van der Waals surface area contributed by atoms with Crippen molar-refractivity contribution in [3.05, 3.63) is 36.4 Å². The molecule has 1 saturated heterocycles. The fraction of sp³-hybridized carbons (Fsp3) is 0.647. The summed E-state index contributed by atoms with van der Waals surface area (Å²) in [7, 11) is 0. The third kappa shape index (κ3) is 4.83. The van der Waals surface area contributed by atoms with E-state index >= 15 is 0 Å². The molecule has 2 aromatic rings. The van der Waals surface area contributed by atoms with Gasteiger partial charge in [-0.05, 0) is 93.4 Å². The molecule has 3 saturated carbocycles. The molecule has 3 aliphatic carbocycles. The normalized spacial score (nSPS) is 29.3. The number of rotatable bonds is 6. The molecule has 7 nitrogen and oxygen atoms in total. The molecule has 1 aromatic carbocycles. The first kappa shape index (κ1) is 27.9. The quantitative estimate of drug-likeness (QED) is 0.386. The first-order chi connectivity index (χ1) is 20.5. The van der Waals surface area contributed by atoms with Crippen molar-refractivity contribution < 1.29 is 23.5 Å². The molecule has 4 fully saturated rings. The minimum atomic E-state index is -0.570. The fourth-order valence-corrected chi connectivity index (χ4v) is 9.04. The molecule has 8 heteroatoms. The largest absolute Gasteiger partial charge is 0.434 e. The molecule has 3 heterocycles. The van der Waals surface area contributed by atoms with E-state index in [1.54, 1.807) is 6.42 Å². The molecule has 2 amide bonds. The highest BCUT2D eigenvalue weighted by Gasteiger charge is 2.49. The van der Waals surface area contributed by atoms with Gasteiger partial charge in [-0.2, -0.15) is 0 Å². The highest BCUT2D eigenvalue weighted by molar-refractivity contribution is 6.02. The summed E-state index contributed by atoms with van der Waals surface area (Å²) in [5.74, 6) is 0.531. The second-order valence-electron chi connectivity index (χ2n) is 13.5. The van der Waals surface area contributed by atoms with Crippen molar-refractivity contribution in [1.82, 2.24) is 9.47 Å². The number of carbonyl (C=O) groups is 3. The van der Waals surface area contributed by atoms with E-state index in [4.69, 9.17) is 4.74 Å². The summed E-state index contributed by atoms with van der Waals surface area (Å²) in [6.07, 6.45) is 15.4. The summed E-state index contributed by atoms with van der Waals surface area (Å²) in [5, 5.41) is 4.10. The van der Waals surface area contributed by atoms with Gasteiger partial charge < -0.3 is 15.0 Å². The van der Waals surface area contributed by atoms with E-state index in [0.717, 1.165) is 81.5 Å². The summed E-state index contributed by atoms with van der Waals surface area (Å²) in [6.45, 7) is 0.216. The van der Waals surface area contributed by atoms with E-state index < -0.39 is 18.4 Å². The van der Waals surface area contributed by atoms with Crippen molar-refractivity contribution in [3.63, 3.8) is 0 Å². The molecule has 0 bridgehead atoms. The van der Waals surface area contributed by atoms with Crippen LogP contribution in [0.2, 0.25) is 0 Å². The van der Waals surface area contributed by atoms with Crippen LogP contribution < -0.4 is 5.32 Å². The molecule has 1 radical (unpaired) electrons. The number of fused-ring (bicyclic) bond motifs is 4. The van der Waals surface area contributed by atoms with Crippen LogP contribution in [0.15, 0.2) is 24.3 Å². The molecule has 225 valence electrons. The second kappa shape index (κ2) is 11.3. The Balaban J connectivity index is 1.12. The number of hydrogen-bond acceptors (Lipinski definition) is 4. The third-order valence-electron chi connectivity index (χ3n) is 11.1. The summed E-state index contributed by atoms with van der Waals surface area (Å²) >= 11 is 0. The van der Waals surface area contributed by atoms with Gasteiger partial charge in [-0.25, -0.2) is 4.79 Å². The first-order valence-corrected chi connectivity index (χ1v) is 16.4. The van der Waals surface area contributed by atoms with Gasteiger partial charge in [0.05, 0.1) is 12.2 Å². The highest BCUT2D eigenvalue weighted by atomic mass is 19.1. The maximum atomic E-state index is 14.1. The number of likely N-dealkylation sites (tertiary alicyclic amines) is 1. The zero-order chi connectivity index (χ0) is 28.8. The van der Waals surface area contributed by atoms with Crippen LogP contribution in [-0.2, 0) is 20.1 Å². The summed E-state index contributed by atoms with van der Waals surface area (Å²) < 4.78 is 20.8. The lowest BCUT2D eigenvalue weighted by atomic mass is 9.76. The van der Waals surface area contributed by atoms with Crippen LogP contribution in [0.4, 0.5) is 10.1 Å². The molecular weight excluding hydrogens is 533 g/mol. The van der Waals surface area contributed by atoms with Crippen molar-refractivity contribution >= 4 is 34.4 Å². The molecule has 0 unspecified atom stereocenters. The maximum Gasteiger partial charge on any atom is 0.357 e. The van der Waals surface area contributed by atoms with Gasteiger partial charge in [0.25, 0.3) is 0 Å². The Morgan fingerprint density at radius 3 is 2.48 bits per heavy atom. The van der Waals surface area contributed by atoms with Gasteiger partial charge in [0, 0.05) is 36.4 Å². The molecule has 5 aliphatic rings. The van der Waals surface area contributed by atoms with Crippen molar-refractivity contribution in [3.8, 4) is 0 Å². The number of nitrogens with zero attached hydrogens (tertiary/aromatic N) is 2. The Hall–Kier alpha value is -2.90. The predicted molar refractivity (Wildman–Crippen MR) is 158 cm³/mol. The van der Waals surface area contributed by atoms with E-state index in [9.17, 15) is 18.8 Å². The zero-order valence-electron chi connectivity index (χ0n) is 24.5. The van der Waals surface area contributed by atoms with Crippen molar-refractivity contribution in [2.75, 3.05) is 18.5 Å². The number of nitrogens with one attached hydrogen (secondary N) is 1. The Labute approximate surface area is 247 Å². The first-order valence-electron chi connectivity index (χ1n) is 16.4. The Morgan fingerprint density at radius 2 is 1.74 bits per heavy atom. The van der Waals surface area contributed by atoms with Crippen molar-refractivity contribution in [2.24, 2.45) is 23.7 Å². The number of hydrogen-bond donors (Lipinski definition) is 1. The van der Waals surface area contributed by atoms with Crippen LogP contribution in [0.5, 0.6) is 0 Å². The van der Waals surface area contributed by atoms with E-state index in [0.29, 0.717) is 23.8 Å². The van der Waals surface area contributed by atoms with E-state index in [2.05, 4.69) is 9.88 Å². The van der Waals surface area contributed by atoms with Crippen LogP contribution in [0, 0.1) is 30.1 Å². The average molecular weight is 577 g/mol. The molecule has 2 atom stereocenters. The van der Waals surface area contributed by atoms with Gasteiger partial charge in [-0.3, -0.25) is 18.5 Å². The van der Waals surface area contributed by atoms with Gasteiger partial charge in [-0.1, -0.05) is 32.1 Å². The summed E-state index contributed by atoms with van der Waals surface area (Å²) in [4.78, 5) is 42.6. The van der Waals surface area contributed by atoms with Gasteiger partial charge in [0.1, 0.15) is 11.7 Å². The molecular formula is C34H43FN3O4. The van der Waals surface area contributed by atoms with Crippen LogP contribution in [0.1, 0.15) is 100 Å². The Bertz CT molecular complexity index is 1350. The number of benzene rings is 1. The Morgan fingerprint density at radius 1 is 0.976 bits per heavy atom. The maximum absolute atomic E-state index is 14.1. The van der Waals surface area contributed by atoms with Gasteiger partial charge >= 0.3 is 5.97 Å². The fourth-order valence-electron chi connectivity index (χ4n) is 9.04. The Kier molecular flexibility index (Phi) is 7.51. The standard InChI is InChI=1S/C34H43FN3O4/c35-18-14-22-8-10-24(11-9-22)32(40)37-19-15-27(23-6-2-1-3-7-23)30(37)31(39)36-26-12-13-28-25(20-26)21-29-33(41)42-34(38(28)29)16-4-5-17-34/h12-14,20-24,27,30H,1-11,15-19H2,(H,36,39)/t22?,24?,27-,30-/m0/s1. The SMILES string of the molecule is O=C1OC2(CCCC2)n2c1cc1cc(NC(=O)[C@@H]3[C@H](C4CCCCC4)CCN3C(=O)C3CCC([CH]CF)CC3)ccc12. The molecule has 1 spiro atoms. The number of ether oxygens (including phenoxy) is 1. The average Bonchev–Trinajstić information content (AvgIpc) is 3.79. The van der Waals surface area contributed by atoms with Gasteiger partial charge in [0.2, 0.25) is 11.8 Å². The van der Waals surface area contributed by atoms with Crippen LogP contribution in [-0.4, -0.2) is 46.5 Å². The second-order valence-corrected chi connectivity index (χ2v) is 13.5. The van der Waals surface area contributed by atoms with E-state index in [-0.39, 0.29) is 35.5 Å². The molecule has 42 heavy (non-hydrogen) atoms. The van der Waals surface area contributed by atoms with Crippen LogP contribution >= 0.6 is 0 Å². The number of esters is 1. The number of carbonyl (C=O) groups excluding carboxylic acids is 3. The van der Waals surface area contributed by atoms with Gasteiger partial charge in [-0.15, -0.1) is 0 Å². The zero-order valence-corrected chi connectivity index (χ0v) is 24.5. The summed E-state index contributed by atoms with van der Waals surface area (Å²) in [6, 6.07) is 7.26. The van der Waals surface area contributed by atoms with E-state index in [1.807, 2.05) is 29.2 Å². The number of aromatic nitrogens is 1. The summed E-state index contributed by atoms with van der Waals surface area (Å²) in [5.41, 5.74) is 1.66. The lowest BCUT2D eigenvalue weighted by Gasteiger charge is -2.36. The van der Waals surface area contributed by atoms with Crippen molar-refractivity contribution in [2.45, 2.75) is 102 Å². The topological polar surface area (TPSA) is 80.6 Å². The molecule has 1 aromatic heterocycles. The lowest BCUT2D eigenvalue weighted by molar-refractivity contribution is -0.142. The number of halogens is 1. The number of anilines is 1. The highest BCUT2D eigenvalue weighted by Crippen LogP contribution is 2.46. The smallest absolute Gasteiger partial charge is 0.357 e. The van der Waals surface area contributed by atoms with Crippen LogP contribution in [0.25, 0.3) is 10.9 Å². The van der Waals surface area contributed by atoms with Gasteiger partial charge in [0.15, 0.2) is 5.72 Å². The number of amides is 2. The minimum absolute atomic E-state index is 0.0857. The lowest BCUT2D eigenvalue weighted by Crippen LogP contribution is -2.49. The van der Waals surface area contributed by atoms with E-state index in [1.165, 1.54) is 19.3 Å². The molecule has 1 N–H and O–H groups in total. The molecule has 2 aliphatic heterocycles. The minimum Gasteiger partial charge on any atom is -0.434 e. The predicted octanol–water partition coefficient (Wildman–Crippen LogP) is 6.75. The van der Waals surface area contributed by atoms with Crippen LogP contribution in [0.3, 0.4) is 0 Å². The number of alkyl halides is 1.